The lowest BCUT2D eigenvalue weighted by atomic mass is 9.89. The van der Waals surface area contributed by atoms with Gasteiger partial charge in [-0.1, -0.05) is 6.07 Å². The number of halogens is 3. The number of piperidine rings is 1. The minimum absolute atomic E-state index is 0.0774. The van der Waals surface area contributed by atoms with Crippen LogP contribution in [0, 0.1) is 5.82 Å². The van der Waals surface area contributed by atoms with Crippen molar-refractivity contribution in [2.45, 2.75) is 62.3 Å². The fraction of sp³-hybridized carbons (Fsp3) is 0.548. The number of aromatic hydroxyl groups is 1. The van der Waals surface area contributed by atoms with E-state index in [4.69, 9.17) is 14.7 Å². The molecule has 5 aliphatic rings. The van der Waals surface area contributed by atoms with Gasteiger partial charge in [-0.15, -0.1) is 0 Å². The third kappa shape index (κ3) is 5.27. The highest BCUT2D eigenvalue weighted by Gasteiger charge is 2.50. The summed E-state index contributed by atoms with van der Waals surface area (Å²) in [6.07, 6.45) is 3.45. The van der Waals surface area contributed by atoms with Gasteiger partial charge >= 0.3 is 6.01 Å². The summed E-state index contributed by atoms with van der Waals surface area (Å²) in [7, 11) is -3.56. The number of hydrogen-bond acceptors (Lipinski definition) is 9. The van der Waals surface area contributed by atoms with Crippen molar-refractivity contribution in [1.82, 2.24) is 24.3 Å². The Morgan fingerprint density at radius 3 is 2.80 bits per heavy atom. The summed E-state index contributed by atoms with van der Waals surface area (Å²) in [5.74, 6) is 0.401. The summed E-state index contributed by atoms with van der Waals surface area (Å²) in [5.41, 5.74) is 1.37. The van der Waals surface area contributed by atoms with Crippen LogP contribution in [0.5, 0.6) is 11.8 Å². The Labute approximate surface area is 274 Å². The molecule has 6 heterocycles. The Balaban J connectivity index is 1.16. The van der Waals surface area contributed by atoms with Gasteiger partial charge < -0.3 is 19.6 Å². The lowest BCUT2D eigenvalue weighted by Crippen LogP contribution is -2.57. The molecule has 4 fully saturated rings. The molecule has 3 atom stereocenters. The molecule has 0 saturated carbocycles. The van der Waals surface area contributed by atoms with Gasteiger partial charge in [-0.25, -0.2) is 13.5 Å². The molecule has 46 heavy (non-hydrogen) atoms. The quantitative estimate of drug-likeness (QED) is 0.364. The highest BCUT2D eigenvalue weighted by atomic mass is 79.9. The summed E-state index contributed by atoms with van der Waals surface area (Å²) in [6.45, 7) is 3.91. The van der Waals surface area contributed by atoms with Crippen molar-refractivity contribution in [2.24, 2.45) is 0 Å². The second kappa shape index (κ2) is 11.1. The fourth-order valence-corrected chi connectivity index (χ4v) is 10.2. The molecule has 246 valence electrons. The van der Waals surface area contributed by atoms with Crippen molar-refractivity contribution in [2.75, 3.05) is 55.7 Å². The van der Waals surface area contributed by atoms with Gasteiger partial charge in [-0.2, -0.15) is 23.1 Å². The molecule has 0 radical (unpaired) electrons. The minimum atomic E-state index is -3.56. The first-order valence-electron chi connectivity index (χ1n) is 15.8. The Bertz CT molecular complexity index is 1840. The van der Waals surface area contributed by atoms with Gasteiger partial charge in [-0.3, -0.25) is 4.90 Å². The molecule has 1 unspecified atom stereocenters. The zero-order valence-corrected chi connectivity index (χ0v) is 27.6. The smallest absolute Gasteiger partial charge is 0.318 e. The largest absolute Gasteiger partial charge is 0.508 e. The van der Waals surface area contributed by atoms with Crippen molar-refractivity contribution in [3.8, 4) is 11.8 Å². The number of fused-ring (bicyclic) bond motifs is 3. The molecule has 5 aliphatic heterocycles. The van der Waals surface area contributed by atoms with Crippen LogP contribution >= 0.6 is 15.9 Å². The number of nitrogens with zero attached hydrogens (tertiary/aromatic N) is 5. The monoisotopic (exact) mass is 719 g/mol. The van der Waals surface area contributed by atoms with Crippen molar-refractivity contribution >= 4 is 48.4 Å². The molecule has 8 rings (SSSR count). The summed E-state index contributed by atoms with van der Waals surface area (Å²) in [6, 6.07) is 6.49. The Hall–Kier alpha value is -2.85. The van der Waals surface area contributed by atoms with E-state index in [0.717, 1.165) is 37.1 Å². The van der Waals surface area contributed by atoms with E-state index < -0.39 is 27.7 Å². The number of rotatable bonds is 5. The lowest BCUT2D eigenvalue weighted by Gasteiger charge is -2.41. The molecule has 11 nitrogen and oxygen atoms in total. The van der Waals surface area contributed by atoms with Gasteiger partial charge in [0.05, 0.1) is 27.8 Å². The van der Waals surface area contributed by atoms with Crippen LogP contribution in [0.15, 0.2) is 28.7 Å². The topological polar surface area (TPSA) is 123 Å². The van der Waals surface area contributed by atoms with Crippen LogP contribution in [0.25, 0.3) is 10.8 Å². The molecule has 15 heteroatoms. The van der Waals surface area contributed by atoms with E-state index in [1.54, 1.807) is 18.2 Å². The Morgan fingerprint density at radius 1 is 1.13 bits per heavy atom. The summed E-state index contributed by atoms with van der Waals surface area (Å²) in [4.78, 5) is 16.2. The van der Waals surface area contributed by atoms with Crippen molar-refractivity contribution in [3.05, 3.63) is 45.8 Å². The van der Waals surface area contributed by atoms with Gasteiger partial charge in [0.15, 0.2) is 0 Å². The molecular weight excluding hydrogens is 684 g/mol. The molecular formula is C31H36BrF2N7O4S. The summed E-state index contributed by atoms with van der Waals surface area (Å²) in [5, 5.41) is 12.0. The van der Waals surface area contributed by atoms with Crippen LogP contribution < -0.4 is 24.0 Å². The third-order valence-corrected chi connectivity index (χ3v) is 12.4. The molecule has 1 spiro atoms. The molecule has 0 amide bonds. The van der Waals surface area contributed by atoms with E-state index in [2.05, 4.69) is 40.1 Å². The first kappa shape index (κ1) is 30.5. The number of benzene rings is 2. The second-order valence-corrected chi connectivity index (χ2v) is 15.7. The second-order valence-electron chi connectivity index (χ2n) is 13.4. The number of nitrogens with one attached hydrogen (secondary N) is 2. The average molecular weight is 721 g/mol. The number of phenolic OH excluding ortho intramolecular Hbond substituents is 1. The third-order valence-electron chi connectivity index (χ3n) is 10.4. The highest BCUT2D eigenvalue weighted by Crippen LogP contribution is 2.42. The van der Waals surface area contributed by atoms with Crippen LogP contribution in [0.4, 0.5) is 20.3 Å². The number of aromatic nitrogens is 2. The van der Waals surface area contributed by atoms with E-state index in [0.29, 0.717) is 85.3 Å². The number of ether oxygens (including phenoxy) is 1. The maximum atomic E-state index is 14.7. The molecule has 4 saturated heterocycles. The average Bonchev–Trinajstić information content (AvgIpc) is 3.65. The van der Waals surface area contributed by atoms with Crippen molar-refractivity contribution in [1.29, 1.82) is 0 Å². The van der Waals surface area contributed by atoms with Gasteiger partial charge in [0.25, 0.3) is 10.2 Å². The van der Waals surface area contributed by atoms with Crippen LogP contribution in [-0.4, -0.2) is 91.5 Å². The summed E-state index contributed by atoms with van der Waals surface area (Å²) >= 11 is 3.43. The van der Waals surface area contributed by atoms with E-state index in [1.807, 2.05) is 0 Å². The van der Waals surface area contributed by atoms with Gasteiger partial charge in [-0.05, 0) is 72.1 Å². The lowest BCUT2D eigenvalue weighted by molar-refractivity contribution is 0.107. The normalized spacial score (nSPS) is 29.1. The van der Waals surface area contributed by atoms with Crippen LogP contribution in [0.3, 0.4) is 0 Å². The number of alkyl halides is 1. The summed E-state index contributed by atoms with van der Waals surface area (Å²) < 4.78 is 66.0. The molecule has 3 N–H and O–H groups in total. The van der Waals surface area contributed by atoms with E-state index in [-0.39, 0.29) is 23.9 Å². The van der Waals surface area contributed by atoms with Crippen molar-refractivity contribution in [3.63, 3.8) is 0 Å². The zero-order valence-electron chi connectivity index (χ0n) is 25.2. The molecule has 1 aromatic heterocycles. The van der Waals surface area contributed by atoms with Crippen molar-refractivity contribution < 1.29 is 27.0 Å². The first-order valence-corrected chi connectivity index (χ1v) is 18.1. The zero-order chi connectivity index (χ0) is 31.8. The van der Waals surface area contributed by atoms with Crippen LogP contribution in [0.2, 0.25) is 0 Å². The van der Waals surface area contributed by atoms with Gasteiger partial charge in [0, 0.05) is 61.8 Å². The fourth-order valence-electron chi connectivity index (χ4n) is 8.31. The predicted octanol–water partition coefficient (Wildman–Crippen LogP) is 3.53. The minimum Gasteiger partial charge on any atom is -0.508 e. The maximum absolute atomic E-state index is 14.7. The Morgan fingerprint density at radius 2 is 1.98 bits per heavy atom. The number of anilines is 2. The van der Waals surface area contributed by atoms with Crippen LogP contribution in [-0.2, 0) is 23.2 Å². The van der Waals surface area contributed by atoms with Crippen LogP contribution in [0.1, 0.15) is 43.4 Å². The van der Waals surface area contributed by atoms with E-state index in [1.165, 1.54) is 6.07 Å². The number of phenols is 1. The Kier molecular flexibility index (Phi) is 7.36. The molecule has 0 aliphatic carbocycles. The molecule has 0 bridgehead atoms. The van der Waals surface area contributed by atoms with E-state index in [9.17, 15) is 22.3 Å². The highest BCUT2D eigenvalue weighted by molar-refractivity contribution is 9.10. The maximum Gasteiger partial charge on any atom is 0.318 e. The SMILES string of the molecule is O=S1(=O)NCC2(CCCN(c3nc(OC[C@@]45CCCN4C[C@H](F)C5)nc4c3CCN(c3cc(O)cc5ccc(F)c(Br)c35)C4)C2)N1. The standard InChI is InChI=1S/C31H36BrF2N7O4S/c32-27-23(34)4-3-19-11-21(42)12-25(26(19)27)39-10-5-22-24(15-39)36-29(45-18-31-7-2-9-41(31)14-20(33)13-31)37-28(22)40-8-1-6-30(17-40)16-35-46(43,44)38-30/h3-4,11-12,20,35,38,42H,1-2,5-10,13-18H2/t20-,30?,31+/m1/s1. The van der Waals surface area contributed by atoms with Gasteiger partial charge in [0.2, 0.25) is 0 Å². The molecule has 2 aromatic carbocycles. The van der Waals surface area contributed by atoms with Gasteiger partial charge in [0.1, 0.15) is 30.2 Å². The first-order chi connectivity index (χ1) is 22.0. The molecule has 3 aromatic rings. The predicted molar refractivity (Wildman–Crippen MR) is 173 cm³/mol. The number of hydrogen-bond donors (Lipinski definition) is 3. The van der Waals surface area contributed by atoms with E-state index >= 15 is 0 Å².